The zero-order chi connectivity index (χ0) is 14.7. The maximum absolute atomic E-state index is 13.1. The molecule has 0 aliphatic carbocycles. The Kier molecular flexibility index (Phi) is 4.20. The molecule has 1 N–H and O–H groups in total. The number of para-hydroxylation sites is 1. The van der Waals surface area contributed by atoms with Gasteiger partial charge in [0.25, 0.3) is 0 Å². The second-order valence-corrected chi connectivity index (χ2v) is 5.44. The fourth-order valence-corrected chi connectivity index (χ4v) is 2.81. The zero-order valence-electron chi connectivity index (χ0n) is 12.2. The van der Waals surface area contributed by atoms with Gasteiger partial charge in [0, 0.05) is 18.0 Å². The number of fused-ring (bicyclic) bond motifs is 1. The molecular weight excluding hydrogens is 265 g/mol. The van der Waals surface area contributed by atoms with Crippen molar-refractivity contribution in [3.05, 3.63) is 65.5 Å². The Labute approximate surface area is 125 Å². The van der Waals surface area contributed by atoms with Crippen molar-refractivity contribution >= 4 is 0 Å². The normalized spacial score (nSPS) is 20.7. The Hall–Kier alpha value is -1.87. The molecule has 110 valence electrons. The van der Waals surface area contributed by atoms with E-state index in [2.05, 4.69) is 18.3 Å². The number of ether oxygens (including phenoxy) is 1. The van der Waals surface area contributed by atoms with Crippen molar-refractivity contribution in [2.75, 3.05) is 6.54 Å². The summed E-state index contributed by atoms with van der Waals surface area (Å²) >= 11 is 0. The molecule has 0 radical (unpaired) electrons. The maximum Gasteiger partial charge on any atom is 0.126 e. The van der Waals surface area contributed by atoms with Crippen LogP contribution in [0.5, 0.6) is 5.75 Å². The molecule has 2 unspecified atom stereocenters. The Morgan fingerprint density at radius 3 is 2.67 bits per heavy atom. The summed E-state index contributed by atoms with van der Waals surface area (Å²) in [5.41, 5.74) is 2.23. The molecule has 2 aromatic carbocycles. The summed E-state index contributed by atoms with van der Waals surface area (Å²) in [5, 5.41) is 3.58. The van der Waals surface area contributed by atoms with E-state index in [0.29, 0.717) is 0 Å². The number of nitrogens with one attached hydrogen (secondary N) is 1. The smallest absolute Gasteiger partial charge is 0.126 e. The Bertz CT molecular complexity index is 596. The van der Waals surface area contributed by atoms with Gasteiger partial charge in [-0.05, 0) is 36.7 Å². The Morgan fingerprint density at radius 1 is 1.14 bits per heavy atom. The fourth-order valence-electron chi connectivity index (χ4n) is 2.81. The molecule has 3 rings (SSSR count). The summed E-state index contributed by atoms with van der Waals surface area (Å²) < 4.78 is 19.2. The molecule has 0 bridgehead atoms. The van der Waals surface area contributed by atoms with Gasteiger partial charge in [-0.3, -0.25) is 0 Å². The van der Waals surface area contributed by atoms with E-state index in [0.717, 1.165) is 30.7 Å². The standard InChI is InChI=1S/C18H20FNO/c1-2-11-20-16-12-18(13-7-9-14(19)10-8-13)21-17-6-4-3-5-15(16)17/h3-10,16,18,20H,2,11-12H2,1H3. The molecule has 21 heavy (non-hydrogen) atoms. The van der Waals surface area contributed by atoms with Gasteiger partial charge in [0.15, 0.2) is 0 Å². The third-order valence-electron chi connectivity index (χ3n) is 3.90. The van der Waals surface area contributed by atoms with Crippen molar-refractivity contribution in [1.82, 2.24) is 5.32 Å². The molecular formula is C18H20FNO. The highest BCUT2D eigenvalue weighted by Crippen LogP contribution is 2.40. The van der Waals surface area contributed by atoms with Gasteiger partial charge in [-0.15, -0.1) is 0 Å². The Morgan fingerprint density at radius 2 is 1.90 bits per heavy atom. The van der Waals surface area contributed by atoms with Crippen LogP contribution in [0.3, 0.4) is 0 Å². The lowest BCUT2D eigenvalue weighted by Gasteiger charge is -2.33. The van der Waals surface area contributed by atoms with Gasteiger partial charge in [0.1, 0.15) is 17.7 Å². The third-order valence-corrected chi connectivity index (χ3v) is 3.90. The molecule has 1 aliphatic rings. The predicted octanol–water partition coefficient (Wildman–Crippen LogP) is 4.39. The molecule has 2 aromatic rings. The lowest BCUT2D eigenvalue weighted by Crippen LogP contribution is -2.29. The molecule has 3 heteroatoms. The van der Waals surface area contributed by atoms with E-state index in [9.17, 15) is 4.39 Å². The van der Waals surface area contributed by atoms with Crippen LogP contribution in [0.25, 0.3) is 0 Å². The van der Waals surface area contributed by atoms with E-state index < -0.39 is 0 Å². The van der Waals surface area contributed by atoms with E-state index in [1.165, 1.54) is 17.7 Å². The molecule has 0 amide bonds. The molecule has 0 aromatic heterocycles. The van der Waals surface area contributed by atoms with Crippen molar-refractivity contribution in [3.8, 4) is 5.75 Å². The first-order valence-electron chi connectivity index (χ1n) is 7.52. The number of rotatable bonds is 4. The summed E-state index contributed by atoms with van der Waals surface area (Å²) in [6.07, 6.45) is 1.93. The minimum atomic E-state index is -0.212. The summed E-state index contributed by atoms with van der Waals surface area (Å²) in [5.74, 6) is 0.710. The monoisotopic (exact) mass is 285 g/mol. The third kappa shape index (κ3) is 3.08. The molecule has 1 aliphatic heterocycles. The van der Waals surface area contributed by atoms with Gasteiger partial charge < -0.3 is 10.1 Å². The average molecular weight is 285 g/mol. The fraction of sp³-hybridized carbons (Fsp3) is 0.333. The minimum Gasteiger partial charge on any atom is -0.485 e. The zero-order valence-corrected chi connectivity index (χ0v) is 12.2. The lowest BCUT2D eigenvalue weighted by atomic mass is 9.93. The van der Waals surface area contributed by atoms with Crippen molar-refractivity contribution < 1.29 is 9.13 Å². The number of halogens is 1. The first-order chi connectivity index (χ1) is 10.3. The Balaban J connectivity index is 1.87. The second-order valence-electron chi connectivity index (χ2n) is 5.44. The number of hydrogen-bond acceptors (Lipinski definition) is 2. The SMILES string of the molecule is CCCNC1CC(c2ccc(F)cc2)Oc2ccccc21. The highest BCUT2D eigenvalue weighted by atomic mass is 19.1. The molecule has 2 nitrogen and oxygen atoms in total. The molecule has 2 atom stereocenters. The van der Waals surface area contributed by atoms with E-state index in [4.69, 9.17) is 4.74 Å². The van der Waals surface area contributed by atoms with E-state index >= 15 is 0 Å². The van der Waals surface area contributed by atoms with Crippen molar-refractivity contribution in [1.29, 1.82) is 0 Å². The summed E-state index contributed by atoms with van der Waals surface area (Å²) in [7, 11) is 0. The van der Waals surface area contributed by atoms with Gasteiger partial charge in [-0.25, -0.2) is 4.39 Å². The van der Waals surface area contributed by atoms with Crippen LogP contribution in [0.2, 0.25) is 0 Å². The minimum absolute atomic E-state index is 0.0325. The van der Waals surface area contributed by atoms with Crippen molar-refractivity contribution in [3.63, 3.8) is 0 Å². The molecule has 0 spiro atoms. The maximum atomic E-state index is 13.1. The topological polar surface area (TPSA) is 21.3 Å². The van der Waals surface area contributed by atoms with Crippen LogP contribution in [-0.4, -0.2) is 6.54 Å². The van der Waals surface area contributed by atoms with Gasteiger partial charge in [0.05, 0.1) is 0 Å². The summed E-state index contributed by atoms with van der Waals surface area (Å²) in [6, 6.07) is 15.0. The highest BCUT2D eigenvalue weighted by Gasteiger charge is 2.28. The van der Waals surface area contributed by atoms with Crippen LogP contribution in [0.15, 0.2) is 48.5 Å². The molecule has 0 saturated carbocycles. The summed E-state index contributed by atoms with van der Waals surface area (Å²) in [6.45, 7) is 3.14. The quantitative estimate of drug-likeness (QED) is 0.899. The van der Waals surface area contributed by atoms with E-state index in [1.54, 1.807) is 0 Å². The largest absolute Gasteiger partial charge is 0.485 e. The van der Waals surface area contributed by atoms with Gasteiger partial charge in [-0.2, -0.15) is 0 Å². The lowest BCUT2D eigenvalue weighted by molar-refractivity contribution is 0.151. The highest BCUT2D eigenvalue weighted by molar-refractivity contribution is 5.39. The first-order valence-corrected chi connectivity index (χ1v) is 7.52. The van der Waals surface area contributed by atoms with Crippen LogP contribution in [0.4, 0.5) is 4.39 Å². The van der Waals surface area contributed by atoms with Crippen molar-refractivity contribution in [2.45, 2.75) is 31.9 Å². The molecule has 0 fully saturated rings. The van der Waals surface area contributed by atoms with Crippen LogP contribution >= 0.6 is 0 Å². The van der Waals surface area contributed by atoms with Gasteiger partial charge in [-0.1, -0.05) is 37.3 Å². The van der Waals surface area contributed by atoms with Gasteiger partial charge in [0.2, 0.25) is 0 Å². The predicted molar refractivity (Wildman–Crippen MR) is 81.9 cm³/mol. The van der Waals surface area contributed by atoms with E-state index in [1.807, 2.05) is 30.3 Å². The second kappa shape index (κ2) is 6.27. The molecule has 0 saturated heterocycles. The van der Waals surface area contributed by atoms with Crippen LogP contribution < -0.4 is 10.1 Å². The molecule has 1 heterocycles. The number of benzene rings is 2. The van der Waals surface area contributed by atoms with E-state index in [-0.39, 0.29) is 18.0 Å². The number of hydrogen-bond donors (Lipinski definition) is 1. The average Bonchev–Trinajstić information content (AvgIpc) is 2.53. The van der Waals surface area contributed by atoms with Gasteiger partial charge >= 0.3 is 0 Å². The van der Waals surface area contributed by atoms with Crippen LogP contribution in [-0.2, 0) is 0 Å². The van der Waals surface area contributed by atoms with Crippen molar-refractivity contribution in [2.24, 2.45) is 0 Å². The van der Waals surface area contributed by atoms with Crippen LogP contribution in [0, 0.1) is 5.82 Å². The van der Waals surface area contributed by atoms with Crippen LogP contribution in [0.1, 0.15) is 43.0 Å². The first kappa shape index (κ1) is 14.1. The summed E-state index contributed by atoms with van der Waals surface area (Å²) in [4.78, 5) is 0.